The number of anilines is 1. The normalized spacial score (nSPS) is 12.7. The van der Waals surface area contributed by atoms with Crippen molar-refractivity contribution in [3.05, 3.63) is 82.5 Å². The predicted molar refractivity (Wildman–Crippen MR) is 137 cm³/mol. The number of nitrogens with zero attached hydrogens (tertiary/aromatic N) is 1. The van der Waals surface area contributed by atoms with Gasteiger partial charge in [-0.05, 0) is 28.8 Å². The van der Waals surface area contributed by atoms with Crippen LogP contribution in [0.4, 0.5) is 40.8 Å². The highest BCUT2D eigenvalue weighted by atomic mass is 32.2. The third-order valence-corrected chi connectivity index (χ3v) is 7.41. The van der Waals surface area contributed by atoms with E-state index in [4.69, 9.17) is 9.84 Å². The Hall–Kier alpha value is -3.85. The molecule has 216 valence electrons. The van der Waals surface area contributed by atoms with Gasteiger partial charge in [-0.1, -0.05) is 36.4 Å². The van der Waals surface area contributed by atoms with Gasteiger partial charge in [0, 0.05) is 29.0 Å². The maximum atomic E-state index is 14.1. The van der Waals surface area contributed by atoms with Gasteiger partial charge in [0.25, 0.3) is 0 Å². The van der Waals surface area contributed by atoms with Crippen LogP contribution >= 0.6 is 23.3 Å². The van der Waals surface area contributed by atoms with E-state index in [9.17, 15) is 39.9 Å². The minimum atomic E-state index is -5.11. The Morgan fingerprint density at radius 1 is 1.02 bits per heavy atom. The second-order valence-corrected chi connectivity index (χ2v) is 10.0. The second-order valence-electron chi connectivity index (χ2n) is 8.32. The summed E-state index contributed by atoms with van der Waals surface area (Å²) in [6, 6.07) is 9.13. The molecule has 0 saturated heterocycles. The molecule has 1 unspecified atom stereocenters. The summed E-state index contributed by atoms with van der Waals surface area (Å²) in [6.07, 6.45) is -13.2. The van der Waals surface area contributed by atoms with Crippen LogP contribution < -0.4 is 9.46 Å². The Kier molecular flexibility index (Phi) is 8.49. The molecule has 0 aliphatic heterocycles. The number of hydrogen-bond donors (Lipinski definition) is 2. The number of aromatic carboxylic acids is 1. The van der Waals surface area contributed by atoms with Gasteiger partial charge in [0.15, 0.2) is 0 Å². The van der Waals surface area contributed by atoms with Crippen molar-refractivity contribution < 1.29 is 49.8 Å². The third kappa shape index (κ3) is 6.73. The number of ether oxygens (including phenoxy) is 1. The van der Waals surface area contributed by atoms with Gasteiger partial charge < -0.3 is 14.6 Å². The van der Waals surface area contributed by atoms with Gasteiger partial charge in [-0.2, -0.15) is 26.3 Å². The Labute approximate surface area is 234 Å². The number of methoxy groups -OCH3 is 1. The predicted octanol–water partition coefficient (Wildman–Crippen LogP) is 9.03. The van der Waals surface area contributed by atoms with Crippen LogP contribution in [0.5, 0.6) is 5.75 Å². The van der Waals surface area contributed by atoms with Crippen LogP contribution in [0.1, 0.15) is 27.7 Å². The molecule has 1 atom stereocenters. The lowest BCUT2D eigenvalue weighted by Gasteiger charge is -2.15. The summed E-state index contributed by atoms with van der Waals surface area (Å²) in [7, 11) is 1.24. The maximum Gasteiger partial charge on any atom is 0.423 e. The fourth-order valence-electron chi connectivity index (χ4n) is 3.68. The van der Waals surface area contributed by atoms with Crippen LogP contribution in [0.15, 0.2) is 65.0 Å². The maximum absolute atomic E-state index is 14.1. The molecule has 0 spiro atoms. The average molecular weight is 621 g/mol. The fraction of sp³-hybridized carbons (Fsp3) is 0.154. The molecule has 3 aromatic carbocycles. The zero-order valence-corrected chi connectivity index (χ0v) is 22.0. The van der Waals surface area contributed by atoms with E-state index in [0.717, 1.165) is 65.7 Å². The van der Waals surface area contributed by atoms with Crippen molar-refractivity contribution in [1.82, 2.24) is 4.98 Å². The van der Waals surface area contributed by atoms with Gasteiger partial charge in [-0.3, -0.25) is 0 Å². The highest BCUT2D eigenvalue weighted by Gasteiger charge is 2.41. The largest absolute Gasteiger partial charge is 0.495 e. The number of hydrogen-bond acceptors (Lipinski definition) is 6. The Morgan fingerprint density at radius 3 is 2.27 bits per heavy atom. The van der Waals surface area contributed by atoms with Crippen molar-refractivity contribution in [3.8, 4) is 27.4 Å². The Balaban J connectivity index is 1.59. The molecule has 0 aliphatic carbocycles. The van der Waals surface area contributed by atoms with E-state index in [0.29, 0.717) is 0 Å². The lowest BCUT2D eigenvalue weighted by atomic mass is 9.97. The first kappa shape index (κ1) is 30.1. The highest BCUT2D eigenvalue weighted by Crippen LogP contribution is 2.42. The zero-order chi connectivity index (χ0) is 30.1. The van der Waals surface area contributed by atoms with Gasteiger partial charge in [0.2, 0.25) is 6.17 Å². The van der Waals surface area contributed by atoms with Crippen molar-refractivity contribution in [2.24, 2.45) is 0 Å². The molecular formula is C26H16F8N2O3S2. The monoisotopic (exact) mass is 620 g/mol. The van der Waals surface area contributed by atoms with Crippen LogP contribution in [0, 0.1) is 5.82 Å². The smallest absolute Gasteiger partial charge is 0.423 e. The molecule has 0 bridgehead atoms. The van der Waals surface area contributed by atoms with E-state index in [2.05, 4.69) is 9.71 Å². The number of alkyl halides is 7. The average Bonchev–Trinajstić information content (AvgIpc) is 3.39. The van der Waals surface area contributed by atoms with E-state index in [-0.39, 0.29) is 38.2 Å². The molecular weight excluding hydrogens is 604 g/mol. The second kappa shape index (κ2) is 11.6. The number of carbonyl (C=O) groups is 1. The molecule has 15 heteroatoms. The SMILES string of the molecule is COc1cc(C(=O)O)c(F)cc1NSc1csc(-c2ccc(-c3ccc(C(F)C(F)(F)F)cc3)cc2C(F)(F)F)n1. The minimum Gasteiger partial charge on any atom is -0.495 e. The van der Waals surface area contributed by atoms with Gasteiger partial charge in [-0.25, -0.2) is 18.6 Å². The van der Waals surface area contributed by atoms with Crippen molar-refractivity contribution >= 4 is 34.9 Å². The van der Waals surface area contributed by atoms with Crippen LogP contribution in [0.2, 0.25) is 0 Å². The van der Waals surface area contributed by atoms with Crippen LogP contribution in [-0.2, 0) is 6.18 Å². The number of halogens is 8. The first-order chi connectivity index (χ1) is 19.2. The molecule has 0 saturated carbocycles. The number of thiazole rings is 1. The first-order valence-corrected chi connectivity index (χ1v) is 12.9. The summed E-state index contributed by atoms with van der Waals surface area (Å²) < 4.78 is 115. The van der Waals surface area contributed by atoms with E-state index in [1.807, 2.05) is 0 Å². The van der Waals surface area contributed by atoms with E-state index >= 15 is 0 Å². The summed E-state index contributed by atoms with van der Waals surface area (Å²) in [5.74, 6) is -2.52. The van der Waals surface area contributed by atoms with Crippen LogP contribution in [0.3, 0.4) is 0 Å². The standard InChI is InChI=1S/C26H16F8N2O3S2/c1-39-20-9-16(24(37)38)18(27)10-19(20)36-41-21-11-40-23(35-21)15-7-6-14(8-17(15)25(29,30)31)12-2-4-13(5-3-12)22(28)26(32,33)34/h2-11,22,36H,1H3,(H,37,38). The van der Waals surface area contributed by atoms with Gasteiger partial charge >= 0.3 is 18.3 Å². The summed E-state index contributed by atoms with van der Waals surface area (Å²) >= 11 is 1.72. The number of aromatic nitrogens is 1. The van der Waals surface area contributed by atoms with Crippen molar-refractivity contribution in [3.63, 3.8) is 0 Å². The first-order valence-electron chi connectivity index (χ1n) is 11.2. The Morgan fingerprint density at radius 2 is 1.68 bits per heavy atom. The number of benzene rings is 3. The van der Waals surface area contributed by atoms with Gasteiger partial charge in [0.1, 0.15) is 21.6 Å². The summed E-state index contributed by atoms with van der Waals surface area (Å²) in [4.78, 5) is 15.3. The molecule has 2 N–H and O–H groups in total. The number of carboxylic acid groups (broad SMARTS) is 1. The highest BCUT2D eigenvalue weighted by molar-refractivity contribution is 8.00. The van der Waals surface area contributed by atoms with Crippen LogP contribution in [-0.4, -0.2) is 29.3 Å². The fourth-order valence-corrected chi connectivity index (χ4v) is 5.31. The van der Waals surface area contributed by atoms with E-state index in [1.165, 1.54) is 24.6 Å². The molecule has 41 heavy (non-hydrogen) atoms. The molecule has 0 aliphatic rings. The third-order valence-electron chi connectivity index (χ3n) is 5.65. The molecule has 4 aromatic rings. The summed E-state index contributed by atoms with van der Waals surface area (Å²) in [5, 5.41) is 10.7. The molecule has 5 nitrogen and oxygen atoms in total. The summed E-state index contributed by atoms with van der Waals surface area (Å²) in [5.41, 5.74) is -2.34. The van der Waals surface area contributed by atoms with Crippen molar-refractivity contribution in [2.45, 2.75) is 23.6 Å². The molecule has 1 aromatic heterocycles. The number of rotatable bonds is 8. The lowest BCUT2D eigenvalue weighted by molar-refractivity contribution is -0.182. The molecule has 0 radical (unpaired) electrons. The molecule has 0 fully saturated rings. The quantitative estimate of drug-likeness (QED) is 0.151. The summed E-state index contributed by atoms with van der Waals surface area (Å²) in [6.45, 7) is 0. The van der Waals surface area contributed by atoms with E-state index in [1.54, 1.807) is 0 Å². The van der Waals surface area contributed by atoms with Gasteiger partial charge in [-0.15, -0.1) is 11.3 Å². The lowest BCUT2D eigenvalue weighted by Crippen LogP contribution is -2.16. The molecule has 1 heterocycles. The zero-order valence-electron chi connectivity index (χ0n) is 20.4. The number of carboxylic acids is 1. The van der Waals surface area contributed by atoms with Crippen molar-refractivity contribution in [2.75, 3.05) is 11.8 Å². The number of nitrogens with one attached hydrogen (secondary N) is 1. The molecule has 4 rings (SSSR count). The van der Waals surface area contributed by atoms with Crippen molar-refractivity contribution in [1.29, 1.82) is 0 Å². The van der Waals surface area contributed by atoms with Gasteiger partial charge in [0.05, 0.1) is 23.9 Å². The minimum absolute atomic E-state index is 0.00616. The Bertz CT molecular complexity index is 1570. The topological polar surface area (TPSA) is 71.5 Å². The van der Waals surface area contributed by atoms with E-state index < -0.39 is 47.0 Å². The molecule has 0 amide bonds. The van der Waals surface area contributed by atoms with Crippen LogP contribution in [0.25, 0.3) is 21.7 Å².